The predicted molar refractivity (Wildman–Crippen MR) is 75.6 cm³/mol. The first kappa shape index (κ1) is 13.7. The molecule has 1 heterocycles. The summed E-state index contributed by atoms with van der Waals surface area (Å²) in [4.78, 5) is 15.9. The molecule has 1 aromatic heterocycles. The van der Waals surface area contributed by atoms with Crippen LogP contribution >= 0.6 is 15.9 Å². The minimum Gasteiger partial charge on any atom is -0.361 e. The van der Waals surface area contributed by atoms with Crippen molar-refractivity contribution in [3.63, 3.8) is 0 Å². The van der Waals surface area contributed by atoms with Gasteiger partial charge in [-0.05, 0) is 25.1 Å². The van der Waals surface area contributed by atoms with Crippen molar-refractivity contribution in [3.8, 4) is 0 Å². The molecule has 19 heavy (non-hydrogen) atoms. The molecule has 0 aliphatic rings. The average Bonchev–Trinajstić information content (AvgIpc) is 2.41. The second-order valence-corrected chi connectivity index (χ2v) is 4.87. The van der Waals surface area contributed by atoms with Crippen LogP contribution in [-0.2, 0) is 13.1 Å². The van der Waals surface area contributed by atoms with Crippen LogP contribution in [0.1, 0.15) is 12.5 Å². The third-order valence-corrected chi connectivity index (χ3v) is 3.20. The fraction of sp³-hybridized carbons (Fsp3) is 0.231. The molecule has 0 amide bonds. The van der Waals surface area contributed by atoms with E-state index in [-0.39, 0.29) is 23.7 Å². The number of aromatic nitrogens is 2. The highest BCUT2D eigenvalue weighted by Crippen LogP contribution is 2.16. The lowest BCUT2D eigenvalue weighted by molar-refractivity contribution is 0.612. The Kier molecular flexibility index (Phi) is 4.31. The zero-order chi connectivity index (χ0) is 13.8. The zero-order valence-electron chi connectivity index (χ0n) is 10.4. The SMILES string of the molecule is CCn1ccnc(NCc2cc(Br)ccc2F)c1=O. The van der Waals surface area contributed by atoms with Gasteiger partial charge in [-0.15, -0.1) is 0 Å². The molecule has 0 fully saturated rings. The Hall–Kier alpha value is -1.69. The number of rotatable bonds is 4. The van der Waals surface area contributed by atoms with Crippen molar-refractivity contribution in [2.75, 3.05) is 5.32 Å². The van der Waals surface area contributed by atoms with Crippen LogP contribution in [0.2, 0.25) is 0 Å². The summed E-state index contributed by atoms with van der Waals surface area (Å²) in [6, 6.07) is 4.68. The van der Waals surface area contributed by atoms with E-state index in [2.05, 4.69) is 26.2 Å². The standard InChI is InChI=1S/C13H13BrFN3O/c1-2-18-6-5-16-12(13(18)19)17-8-9-7-10(14)3-4-11(9)15/h3-7H,2,8H2,1H3,(H,16,17). The Morgan fingerprint density at radius 2 is 2.26 bits per heavy atom. The molecule has 0 spiro atoms. The molecule has 0 bridgehead atoms. The summed E-state index contributed by atoms with van der Waals surface area (Å²) in [7, 11) is 0. The first-order valence-electron chi connectivity index (χ1n) is 5.85. The van der Waals surface area contributed by atoms with E-state index in [4.69, 9.17) is 0 Å². The van der Waals surface area contributed by atoms with Gasteiger partial charge in [0.15, 0.2) is 5.82 Å². The van der Waals surface area contributed by atoms with Crippen LogP contribution < -0.4 is 10.9 Å². The van der Waals surface area contributed by atoms with Gasteiger partial charge in [-0.25, -0.2) is 9.37 Å². The van der Waals surface area contributed by atoms with Crippen molar-refractivity contribution in [3.05, 3.63) is 56.8 Å². The van der Waals surface area contributed by atoms with Crippen molar-refractivity contribution in [1.29, 1.82) is 0 Å². The summed E-state index contributed by atoms with van der Waals surface area (Å²) in [5.41, 5.74) is 0.267. The van der Waals surface area contributed by atoms with Crippen molar-refractivity contribution < 1.29 is 4.39 Å². The molecule has 0 atom stereocenters. The lowest BCUT2D eigenvalue weighted by atomic mass is 10.2. The third-order valence-electron chi connectivity index (χ3n) is 2.71. The summed E-state index contributed by atoms with van der Waals surface area (Å²) in [6.45, 7) is 2.65. The van der Waals surface area contributed by atoms with Crippen LogP contribution in [-0.4, -0.2) is 9.55 Å². The van der Waals surface area contributed by atoms with Gasteiger partial charge in [-0.1, -0.05) is 15.9 Å². The van der Waals surface area contributed by atoms with E-state index in [1.165, 1.54) is 10.6 Å². The quantitative estimate of drug-likeness (QED) is 0.940. The minimum atomic E-state index is -0.317. The summed E-state index contributed by atoms with van der Waals surface area (Å²) in [5.74, 6) is -0.0915. The van der Waals surface area contributed by atoms with E-state index in [9.17, 15) is 9.18 Å². The summed E-state index contributed by atoms with van der Waals surface area (Å²) < 4.78 is 15.9. The molecule has 1 aromatic carbocycles. The lowest BCUT2D eigenvalue weighted by Crippen LogP contribution is -2.23. The van der Waals surface area contributed by atoms with Crippen LogP contribution in [0.4, 0.5) is 10.2 Å². The van der Waals surface area contributed by atoms with Crippen LogP contribution in [0, 0.1) is 5.82 Å². The molecule has 100 valence electrons. The van der Waals surface area contributed by atoms with Gasteiger partial charge in [0.25, 0.3) is 5.56 Å². The lowest BCUT2D eigenvalue weighted by Gasteiger charge is -2.08. The van der Waals surface area contributed by atoms with Gasteiger partial charge in [0.1, 0.15) is 5.82 Å². The second kappa shape index (κ2) is 5.97. The predicted octanol–water partition coefficient (Wildman–Crippen LogP) is 2.78. The number of aryl methyl sites for hydroxylation is 1. The van der Waals surface area contributed by atoms with E-state index in [1.54, 1.807) is 24.5 Å². The van der Waals surface area contributed by atoms with Crippen LogP contribution in [0.5, 0.6) is 0 Å². The molecule has 4 nitrogen and oxygen atoms in total. The average molecular weight is 326 g/mol. The monoisotopic (exact) mass is 325 g/mol. The number of anilines is 1. The van der Waals surface area contributed by atoms with Crippen LogP contribution in [0.15, 0.2) is 39.9 Å². The van der Waals surface area contributed by atoms with Crippen LogP contribution in [0.25, 0.3) is 0 Å². The van der Waals surface area contributed by atoms with E-state index < -0.39 is 0 Å². The number of nitrogens with zero attached hydrogens (tertiary/aromatic N) is 2. The molecular weight excluding hydrogens is 313 g/mol. The van der Waals surface area contributed by atoms with Gasteiger partial charge in [0, 0.05) is 35.5 Å². The molecule has 0 unspecified atom stereocenters. The molecule has 1 N–H and O–H groups in total. The highest BCUT2D eigenvalue weighted by Gasteiger charge is 2.06. The molecule has 2 rings (SSSR count). The largest absolute Gasteiger partial charge is 0.361 e. The number of hydrogen-bond donors (Lipinski definition) is 1. The van der Waals surface area contributed by atoms with E-state index in [0.717, 1.165) is 4.47 Å². The molecule has 0 aliphatic heterocycles. The Morgan fingerprint density at radius 3 is 3.00 bits per heavy atom. The fourth-order valence-electron chi connectivity index (χ4n) is 1.68. The fourth-order valence-corrected chi connectivity index (χ4v) is 2.08. The van der Waals surface area contributed by atoms with Gasteiger partial charge in [-0.3, -0.25) is 4.79 Å². The van der Waals surface area contributed by atoms with Gasteiger partial charge < -0.3 is 9.88 Å². The molecule has 0 radical (unpaired) electrons. The van der Waals surface area contributed by atoms with E-state index >= 15 is 0 Å². The minimum absolute atomic E-state index is 0.208. The summed E-state index contributed by atoms with van der Waals surface area (Å²) >= 11 is 3.28. The first-order chi connectivity index (χ1) is 9.11. The molecule has 6 heteroatoms. The maximum Gasteiger partial charge on any atom is 0.293 e. The number of hydrogen-bond acceptors (Lipinski definition) is 3. The number of nitrogens with one attached hydrogen (secondary N) is 1. The Morgan fingerprint density at radius 1 is 1.47 bits per heavy atom. The van der Waals surface area contributed by atoms with E-state index in [0.29, 0.717) is 12.1 Å². The van der Waals surface area contributed by atoms with Crippen molar-refractivity contribution in [2.24, 2.45) is 0 Å². The molecule has 0 aliphatic carbocycles. The molecule has 0 saturated carbocycles. The Balaban J connectivity index is 2.19. The zero-order valence-corrected chi connectivity index (χ0v) is 11.9. The second-order valence-electron chi connectivity index (χ2n) is 3.96. The third kappa shape index (κ3) is 3.20. The molecular formula is C13H13BrFN3O. The van der Waals surface area contributed by atoms with E-state index in [1.807, 2.05) is 6.92 Å². The number of benzene rings is 1. The normalized spacial score (nSPS) is 10.5. The highest BCUT2D eigenvalue weighted by atomic mass is 79.9. The summed E-state index contributed by atoms with van der Waals surface area (Å²) in [6.07, 6.45) is 3.16. The first-order valence-corrected chi connectivity index (χ1v) is 6.64. The van der Waals surface area contributed by atoms with Gasteiger partial charge in [0.05, 0.1) is 0 Å². The van der Waals surface area contributed by atoms with Gasteiger partial charge >= 0.3 is 0 Å². The van der Waals surface area contributed by atoms with Gasteiger partial charge in [-0.2, -0.15) is 0 Å². The van der Waals surface area contributed by atoms with Gasteiger partial charge in [0.2, 0.25) is 0 Å². The molecule has 0 saturated heterocycles. The summed E-state index contributed by atoms with van der Waals surface area (Å²) in [5, 5.41) is 2.87. The molecule has 2 aromatic rings. The highest BCUT2D eigenvalue weighted by molar-refractivity contribution is 9.10. The van der Waals surface area contributed by atoms with Crippen molar-refractivity contribution >= 4 is 21.7 Å². The smallest absolute Gasteiger partial charge is 0.293 e. The Bertz CT molecular complexity index is 642. The number of halogens is 2. The topological polar surface area (TPSA) is 46.9 Å². The Labute approximate surface area is 118 Å². The maximum absolute atomic E-state index is 13.6. The van der Waals surface area contributed by atoms with Crippen molar-refractivity contribution in [2.45, 2.75) is 20.0 Å². The van der Waals surface area contributed by atoms with Crippen LogP contribution in [0.3, 0.4) is 0 Å². The van der Waals surface area contributed by atoms with Crippen molar-refractivity contribution in [1.82, 2.24) is 9.55 Å². The maximum atomic E-state index is 13.6.